The van der Waals surface area contributed by atoms with Crippen LogP contribution in [0.1, 0.15) is 32.3 Å². The summed E-state index contributed by atoms with van der Waals surface area (Å²) in [6.45, 7) is 3.93. The molecule has 1 aromatic rings. The smallest absolute Gasteiger partial charge is 0.245 e. The van der Waals surface area contributed by atoms with E-state index in [9.17, 15) is 14.9 Å². The van der Waals surface area contributed by atoms with E-state index in [1.165, 1.54) is 0 Å². The summed E-state index contributed by atoms with van der Waals surface area (Å²) in [6.07, 6.45) is 0.739. The molecule has 0 saturated carbocycles. The monoisotopic (exact) mass is 413 g/mol. The Bertz CT molecular complexity index is 1000. The molecule has 1 atom stereocenters. The number of nitrogens with zero attached hydrogens (tertiary/aromatic N) is 1. The Morgan fingerprint density at radius 1 is 1.31 bits per heavy atom. The maximum absolute atomic E-state index is 13.2. The number of rotatable bonds is 0. The molecule has 4 rings (SSSR count). The van der Waals surface area contributed by atoms with E-state index in [0.29, 0.717) is 23.4 Å². The molecule has 132 valence electrons. The van der Waals surface area contributed by atoms with Gasteiger partial charge in [0.15, 0.2) is 5.78 Å². The number of ketones is 1. The van der Waals surface area contributed by atoms with Gasteiger partial charge in [0.05, 0.1) is 5.57 Å². The number of allylic oxidation sites excluding steroid dienone is 1. The number of hydrogen-bond acceptors (Lipinski definition) is 5. The zero-order valence-corrected chi connectivity index (χ0v) is 15.9. The number of amides is 1. The Labute approximate surface area is 158 Å². The van der Waals surface area contributed by atoms with Crippen LogP contribution >= 0.6 is 15.9 Å². The number of Topliss-reactive ketones (excluding diaryl/α,β-unsaturated/α-hetero) is 1. The highest BCUT2D eigenvalue weighted by atomic mass is 79.9. The highest BCUT2D eigenvalue weighted by molar-refractivity contribution is 9.10. The molecule has 1 aliphatic carbocycles. The lowest BCUT2D eigenvalue weighted by molar-refractivity contribution is -0.124. The highest BCUT2D eigenvalue weighted by Gasteiger charge is 2.60. The van der Waals surface area contributed by atoms with Gasteiger partial charge in [-0.05, 0) is 17.5 Å². The van der Waals surface area contributed by atoms with Gasteiger partial charge in [-0.3, -0.25) is 9.59 Å². The van der Waals surface area contributed by atoms with Gasteiger partial charge in [0, 0.05) is 28.6 Å². The molecule has 2 heterocycles. The molecule has 2 aliphatic heterocycles. The third-order valence-electron chi connectivity index (χ3n) is 5.15. The van der Waals surface area contributed by atoms with E-state index in [1.54, 1.807) is 18.2 Å². The van der Waals surface area contributed by atoms with Crippen molar-refractivity contribution in [3.8, 4) is 6.07 Å². The Morgan fingerprint density at radius 3 is 2.73 bits per heavy atom. The lowest BCUT2D eigenvalue weighted by Crippen LogP contribution is -2.48. The average Bonchev–Trinajstić information content (AvgIpc) is 2.78. The standard InChI is InChI=1S/C19H16BrN3O3/c1-18(2)6-13(24)15-14(7-18)26-16(22)11(8-21)19(15)10-4-3-9(20)5-12(10)23-17(19)25/h3-5H,6-7,22H2,1-2H3,(H,23,25)/t19-/m1/s1. The molecule has 0 saturated heterocycles. The van der Waals surface area contributed by atoms with Crippen LogP contribution in [-0.4, -0.2) is 11.7 Å². The van der Waals surface area contributed by atoms with Crippen molar-refractivity contribution < 1.29 is 14.3 Å². The molecule has 0 radical (unpaired) electrons. The van der Waals surface area contributed by atoms with E-state index < -0.39 is 11.3 Å². The molecule has 1 amide bonds. The highest BCUT2D eigenvalue weighted by Crippen LogP contribution is 2.55. The van der Waals surface area contributed by atoms with Crippen molar-refractivity contribution >= 4 is 33.3 Å². The van der Waals surface area contributed by atoms with Crippen molar-refractivity contribution in [1.82, 2.24) is 0 Å². The molecular weight excluding hydrogens is 398 g/mol. The molecule has 7 heteroatoms. The Kier molecular flexibility index (Phi) is 3.38. The number of benzene rings is 1. The normalized spacial score (nSPS) is 26.2. The van der Waals surface area contributed by atoms with Crippen LogP contribution in [0.2, 0.25) is 0 Å². The van der Waals surface area contributed by atoms with Gasteiger partial charge in [-0.2, -0.15) is 5.26 Å². The van der Waals surface area contributed by atoms with Gasteiger partial charge in [-0.15, -0.1) is 0 Å². The summed E-state index contributed by atoms with van der Waals surface area (Å²) in [5.74, 6) is -0.382. The third-order valence-corrected chi connectivity index (χ3v) is 5.64. The predicted molar refractivity (Wildman–Crippen MR) is 97.4 cm³/mol. The quantitative estimate of drug-likeness (QED) is 0.679. The second-order valence-electron chi connectivity index (χ2n) is 7.59. The van der Waals surface area contributed by atoms with Crippen LogP contribution in [0.25, 0.3) is 0 Å². The van der Waals surface area contributed by atoms with E-state index in [0.717, 1.165) is 4.47 Å². The third kappa shape index (κ3) is 2.02. The predicted octanol–water partition coefficient (Wildman–Crippen LogP) is 3.01. The van der Waals surface area contributed by atoms with Crippen molar-refractivity contribution in [2.75, 3.05) is 5.32 Å². The molecule has 1 spiro atoms. The van der Waals surface area contributed by atoms with Gasteiger partial charge in [-0.25, -0.2) is 0 Å². The first-order valence-electron chi connectivity index (χ1n) is 8.17. The van der Waals surface area contributed by atoms with Gasteiger partial charge >= 0.3 is 0 Å². The van der Waals surface area contributed by atoms with Crippen LogP contribution in [0.3, 0.4) is 0 Å². The van der Waals surface area contributed by atoms with Crippen LogP contribution in [0.15, 0.2) is 45.5 Å². The summed E-state index contributed by atoms with van der Waals surface area (Å²) in [5, 5.41) is 12.6. The number of fused-ring (bicyclic) bond motifs is 3. The minimum Gasteiger partial charge on any atom is -0.444 e. The molecule has 0 unspecified atom stereocenters. The number of halogens is 1. The fraction of sp³-hybridized carbons (Fsp3) is 0.316. The number of ether oxygens (including phenoxy) is 1. The van der Waals surface area contributed by atoms with E-state index in [2.05, 4.69) is 21.2 Å². The van der Waals surface area contributed by atoms with Crippen LogP contribution in [0.4, 0.5) is 5.69 Å². The molecule has 3 N–H and O–H groups in total. The Hall–Kier alpha value is -2.59. The number of nitriles is 1. The molecule has 6 nitrogen and oxygen atoms in total. The molecular formula is C19H16BrN3O3. The Balaban J connectivity index is 2.09. The second kappa shape index (κ2) is 5.21. The summed E-state index contributed by atoms with van der Waals surface area (Å²) < 4.78 is 6.46. The lowest BCUT2D eigenvalue weighted by atomic mass is 9.62. The zero-order chi connectivity index (χ0) is 18.9. The summed E-state index contributed by atoms with van der Waals surface area (Å²) >= 11 is 3.38. The summed E-state index contributed by atoms with van der Waals surface area (Å²) in [4.78, 5) is 26.3. The van der Waals surface area contributed by atoms with Gasteiger partial charge in [0.2, 0.25) is 11.8 Å². The number of hydrogen-bond donors (Lipinski definition) is 2. The number of carbonyl (C=O) groups excluding carboxylic acids is 2. The number of nitrogens with one attached hydrogen (secondary N) is 1. The topological polar surface area (TPSA) is 105 Å². The van der Waals surface area contributed by atoms with Crippen molar-refractivity contribution in [1.29, 1.82) is 5.26 Å². The average molecular weight is 414 g/mol. The molecule has 0 fully saturated rings. The Morgan fingerprint density at radius 2 is 2.04 bits per heavy atom. The first-order chi connectivity index (χ1) is 12.2. The van der Waals surface area contributed by atoms with Gasteiger partial charge in [0.1, 0.15) is 22.8 Å². The van der Waals surface area contributed by atoms with Crippen molar-refractivity contribution in [3.63, 3.8) is 0 Å². The largest absolute Gasteiger partial charge is 0.444 e. The van der Waals surface area contributed by atoms with E-state index in [4.69, 9.17) is 10.5 Å². The van der Waals surface area contributed by atoms with Crippen molar-refractivity contribution in [2.45, 2.75) is 32.1 Å². The molecule has 1 aromatic carbocycles. The first kappa shape index (κ1) is 16.9. The van der Waals surface area contributed by atoms with Crippen LogP contribution in [0.5, 0.6) is 0 Å². The van der Waals surface area contributed by atoms with Crippen LogP contribution in [-0.2, 0) is 19.7 Å². The zero-order valence-electron chi connectivity index (χ0n) is 14.3. The number of nitrogens with two attached hydrogens (primary N) is 1. The fourth-order valence-corrected chi connectivity index (χ4v) is 4.54. The van der Waals surface area contributed by atoms with Crippen molar-refractivity contribution in [3.05, 3.63) is 51.0 Å². The van der Waals surface area contributed by atoms with Gasteiger partial charge < -0.3 is 15.8 Å². The maximum Gasteiger partial charge on any atom is 0.245 e. The first-order valence-corrected chi connectivity index (χ1v) is 8.96. The van der Waals surface area contributed by atoms with E-state index >= 15 is 0 Å². The van der Waals surface area contributed by atoms with Gasteiger partial charge in [0.25, 0.3) is 0 Å². The van der Waals surface area contributed by atoms with Crippen molar-refractivity contribution in [2.24, 2.45) is 11.1 Å². The number of anilines is 1. The summed E-state index contributed by atoms with van der Waals surface area (Å²) in [6, 6.07) is 7.29. The molecule has 0 bridgehead atoms. The molecule has 26 heavy (non-hydrogen) atoms. The minimum atomic E-state index is -1.55. The van der Waals surface area contributed by atoms with E-state index in [-0.39, 0.29) is 34.6 Å². The number of carbonyl (C=O) groups is 2. The van der Waals surface area contributed by atoms with Crippen LogP contribution in [0, 0.1) is 16.7 Å². The second-order valence-corrected chi connectivity index (χ2v) is 8.50. The summed E-state index contributed by atoms with van der Waals surface area (Å²) in [7, 11) is 0. The lowest BCUT2D eigenvalue weighted by Gasteiger charge is -2.41. The van der Waals surface area contributed by atoms with E-state index in [1.807, 2.05) is 19.9 Å². The summed E-state index contributed by atoms with van der Waals surface area (Å²) in [5.41, 5.74) is 5.48. The minimum absolute atomic E-state index is 0.0390. The maximum atomic E-state index is 13.2. The van der Waals surface area contributed by atoms with Gasteiger partial charge in [-0.1, -0.05) is 35.8 Å². The molecule has 3 aliphatic rings. The fourth-order valence-electron chi connectivity index (χ4n) is 4.18. The molecule has 0 aromatic heterocycles. The SMILES string of the molecule is CC1(C)CC(=O)C2=C(C1)OC(N)=C(C#N)[C@@]21C(=O)Nc2cc(Br)ccc21. The van der Waals surface area contributed by atoms with Crippen LogP contribution < -0.4 is 11.1 Å².